The van der Waals surface area contributed by atoms with Gasteiger partial charge in [0.25, 0.3) is 12.1 Å². The Morgan fingerprint density at radius 1 is 1.67 bits per heavy atom. The topological polar surface area (TPSA) is 79.8 Å². The van der Waals surface area contributed by atoms with E-state index in [-0.39, 0.29) is 10.3 Å². The number of rotatable bonds is 2. The number of hydrogen-bond donors (Lipinski definition) is 0. The van der Waals surface area contributed by atoms with Gasteiger partial charge in [-0.1, -0.05) is 0 Å². The minimum absolute atomic E-state index is 0.294. The maximum atomic E-state index is 12.4. The van der Waals surface area contributed by atoms with E-state index in [0.29, 0.717) is 6.07 Å². The first-order valence-electron chi connectivity index (χ1n) is 3.50. The van der Waals surface area contributed by atoms with Crippen LogP contribution in [0.15, 0.2) is 10.7 Å². The summed E-state index contributed by atoms with van der Waals surface area (Å²) in [5, 5.41) is 18.9. The van der Waals surface area contributed by atoms with Gasteiger partial charge in [0.15, 0.2) is 0 Å². The number of nitrogens with zero attached hydrogens (tertiary/aromatic N) is 3. The molecule has 0 aliphatic heterocycles. The van der Waals surface area contributed by atoms with Crippen LogP contribution in [-0.2, 0) is 0 Å². The molecule has 0 atom stereocenters. The number of hydrogen-bond acceptors (Lipinski definition) is 4. The highest BCUT2D eigenvalue weighted by molar-refractivity contribution is 9.10. The number of halogens is 3. The lowest BCUT2D eigenvalue weighted by Gasteiger charge is -2.03. The van der Waals surface area contributed by atoms with Crippen molar-refractivity contribution in [3.63, 3.8) is 0 Å². The third kappa shape index (κ3) is 2.24. The third-order valence-electron chi connectivity index (χ3n) is 1.52. The summed E-state index contributed by atoms with van der Waals surface area (Å²) in [7, 11) is 0. The van der Waals surface area contributed by atoms with E-state index in [1.807, 2.05) is 0 Å². The minimum atomic E-state index is -3.03. The lowest BCUT2D eigenvalue weighted by Crippen LogP contribution is -2.00. The molecule has 0 saturated heterocycles. The van der Waals surface area contributed by atoms with Gasteiger partial charge >= 0.3 is 0 Å². The molecule has 78 valence electrons. The fraction of sp³-hybridized carbons (Fsp3) is 0.143. The lowest BCUT2D eigenvalue weighted by molar-refractivity contribution is -0.386. The maximum absolute atomic E-state index is 12.4. The maximum Gasteiger partial charge on any atom is 0.283 e. The zero-order chi connectivity index (χ0) is 11.6. The summed E-state index contributed by atoms with van der Waals surface area (Å²) in [5.74, 6) is 0. The summed E-state index contributed by atoms with van der Waals surface area (Å²) in [5.41, 5.74) is -1.93. The second kappa shape index (κ2) is 4.27. The van der Waals surface area contributed by atoms with E-state index in [1.54, 1.807) is 0 Å². The molecule has 0 N–H and O–H groups in total. The molecule has 0 bridgehead atoms. The molecule has 15 heavy (non-hydrogen) atoms. The van der Waals surface area contributed by atoms with Crippen LogP contribution in [0, 0.1) is 21.4 Å². The van der Waals surface area contributed by atoms with Crippen molar-refractivity contribution in [3.05, 3.63) is 32.0 Å². The smallest absolute Gasteiger partial charge is 0.258 e. The van der Waals surface area contributed by atoms with Crippen molar-refractivity contribution in [1.82, 2.24) is 4.98 Å². The van der Waals surface area contributed by atoms with Crippen molar-refractivity contribution in [3.8, 4) is 6.07 Å². The molecule has 0 aliphatic rings. The van der Waals surface area contributed by atoms with Crippen LogP contribution in [0.1, 0.15) is 17.7 Å². The first kappa shape index (κ1) is 11.5. The fourth-order valence-electron chi connectivity index (χ4n) is 0.921. The average molecular weight is 278 g/mol. The van der Waals surface area contributed by atoms with E-state index in [4.69, 9.17) is 5.26 Å². The van der Waals surface area contributed by atoms with Gasteiger partial charge in [-0.15, -0.1) is 0 Å². The van der Waals surface area contributed by atoms with Crippen molar-refractivity contribution in [2.24, 2.45) is 0 Å². The van der Waals surface area contributed by atoms with E-state index in [0.717, 1.165) is 0 Å². The Morgan fingerprint density at radius 3 is 2.67 bits per heavy atom. The normalized spacial score (nSPS) is 10.1. The Kier molecular flexibility index (Phi) is 3.26. The van der Waals surface area contributed by atoms with Gasteiger partial charge in [0.1, 0.15) is 21.9 Å². The van der Waals surface area contributed by atoms with E-state index in [2.05, 4.69) is 20.9 Å². The molecule has 0 spiro atoms. The highest BCUT2D eigenvalue weighted by atomic mass is 79.9. The summed E-state index contributed by atoms with van der Waals surface area (Å²) in [6, 6.07) is 2.25. The van der Waals surface area contributed by atoms with Crippen molar-refractivity contribution >= 4 is 21.6 Å². The summed E-state index contributed by atoms with van der Waals surface area (Å²) in [6.07, 6.45) is -3.03. The third-order valence-corrected chi connectivity index (χ3v) is 2.12. The van der Waals surface area contributed by atoms with Crippen molar-refractivity contribution in [1.29, 1.82) is 5.26 Å². The number of nitro groups is 1. The molecule has 0 fully saturated rings. The standard InChI is InChI=1S/C7H2BrF2N3O2/c8-6-5(7(9)10)4(13(14)15)1-3(2-11)12-6/h1,7H. The molecule has 1 aromatic heterocycles. The second-order valence-electron chi connectivity index (χ2n) is 2.40. The highest BCUT2D eigenvalue weighted by Gasteiger charge is 2.26. The molecule has 1 rings (SSSR count). The number of aromatic nitrogens is 1. The highest BCUT2D eigenvalue weighted by Crippen LogP contribution is 2.34. The number of pyridine rings is 1. The molecule has 8 heteroatoms. The Bertz CT molecular complexity index is 458. The number of nitriles is 1. The summed E-state index contributed by atoms with van der Waals surface area (Å²) < 4.78 is 24.5. The summed E-state index contributed by atoms with van der Waals surface area (Å²) in [4.78, 5) is 12.9. The predicted octanol–water partition coefficient (Wildman–Crippen LogP) is 2.56. The molecule has 0 aromatic carbocycles. The van der Waals surface area contributed by atoms with Gasteiger partial charge in [-0.3, -0.25) is 10.1 Å². The molecule has 1 aromatic rings. The van der Waals surface area contributed by atoms with Crippen LogP contribution in [0.3, 0.4) is 0 Å². The monoisotopic (exact) mass is 277 g/mol. The van der Waals surface area contributed by atoms with Gasteiger partial charge in [0, 0.05) is 0 Å². The Hall–Kier alpha value is -1.62. The van der Waals surface area contributed by atoms with Crippen LogP contribution in [0.5, 0.6) is 0 Å². The van der Waals surface area contributed by atoms with Gasteiger partial charge in [-0.25, -0.2) is 13.8 Å². The van der Waals surface area contributed by atoms with Crippen molar-refractivity contribution < 1.29 is 13.7 Å². The minimum Gasteiger partial charge on any atom is -0.258 e. The van der Waals surface area contributed by atoms with E-state index >= 15 is 0 Å². The molecule has 0 saturated carbocycles. The first-order chi connectivity index (χ1) is 6.97. The predicted molar refractivity (Wildman–Crippen MR) is 48.3 cm³/mol. The van der Waals surface area contributed by atoms with Crippen LogP contribution in [0.4, 0.5) is 14.5 Å². The van der Waals surface area contributed by atoms with Gasteiger partial charge in [0.2, 0.25) is 0 Å². The van der Waals surface area contributed by atoms with Crippen LogP contribution in [0.2, 0.25) is 0 Å². The number of alkyl halides is 2. The average Bonchev–Trinajstić information content (AvgIpc) is 2.15. The molecule has 5 nitrogen and oxygen atoms in total. The van der Waals surface area contributed by atoms with E-state index in [1.165, 1.54) is 6.07 Å². The zero-order valence-electron chi connectivity index (χ0n) is 6.95. The lowest BCUT2D eigenvalue weighted by atomic mass is 10.2. The van der Waals surface area contributed by atoms with E-state index in [9.17, 15) is 18.9 Å². The SMILES string of the molecule is N#Cc1cc([N+](=O)[O-])c(C(F)F)c(Br)n1. The van der Waals surface area contributed by atoms with Crippen molar-refractivity contribution in [2.45, 2.75) is 6.43 Å². The molecule has 0 amide bonds. The molecule has 0 radical (unpaired) electrons. The largest absolute Gasteiger partial charge is 0.283 e. The summed E-state index contributed by atoms with van der Waals surface area (Å²) >= 11 is 2.66. The Balaban J connectivity index is 3.51. The van der Waals surface area contributed by atoms with Gasteiger partial charge in [0.05, 0.1) is 11.0 Å². The molecule has 0 aliphatic carbocycles. The van der Waals surface area contributed by atoms with Gasteiger partial charge in [-0.05, 0) is 15.9 Å². The van der Waals surface area contributed by atoms with Crippen LogP contribution in [0.25, 0.3) is 0 Å². The van der Waals surface area contributed by atoms with Crippen LogP contribution in [-0.4, -0.2) is 9.91 Å². The molecule has 1 heterocycles. The van der Waals surface area contributed by atoms with Gasteiger partial charge < -0.3 is 0 Å². The second-order valence-corrected chi connectivity index (χ2v) is 3.15. The Labute approximate surface area is 90.6 Å². The quantitative estimate of drug-likeness (QED) is 0.473. The Morgan fingerprint density at radius 2 is 2.27 bits per heavy atom. The van der Waals surface area contributed by atoms with Crippen LogP contribution >= 0.6 is 15.9 Å². The fourth-order valence-corrected chi connectivity index (χ4v) is 1.49. The van der Waals surface area contributed by atoms with E-state index < -0.39 is 22.6 Å². The molecular formula is C7H2BrF2N3O2. The molecule has 0 unspecified atom stereocenters. The first-order valence-corrected chi connectivity index (χ1v) is 4.29. The van der Waals surface area contributed by atoms with Gasteiger partial charge in [-0.2, -0.15) is 5.26 Å². The van der Waals surface area contributed by atoms with Crippen LogP contribution < -0.4 is 0 Å². The zero-order valence-corrected chi connectivity index (χ0v) is 8.53. The molecular weight excluding hydrogens is 276 g/mol. The van der Waals surface area contributed by atoms with Crippen molar-refractivity contribution in [2.75, 3.05) is 0 Å². The summed E-state index contributed by atoms with van der Waals surface area (Å²) in [6.45, 7) is 0.